The van der Waals surface area contributed by atoms with Gasteiger partial charge in [0.05, 0.1) is 17.6 Å². The fourth-order valence-electron chi connectivity index (χ4n) is 2.61. The zero-order valence-electron chi connectivity index (χ0n) is 13.3. The molecule has 1 aliphatic rings. The molecule has 0 spiro atoms. The monoisotopic (exact) mass is 342 g/mol. The van der Waals surface area contributed by atoms with Crippen LogP contribution >= 0.6 is 11.3 Å². The van der Waals surface area contributed by atoms with Crippen LogP contribution in [0.3, 0.4) is 0 Å². The van der Waals surface area contributed by atoms with Crippen LogP contribution in [-0.2, 0) is 6.54 Å². The summed E-state index contributed by atoms with van der Waals surface area (Å²) in [4.78, 5) is 5.43. The topological polar surface area (TPSA) is 56.5 Å². The van der Waals surface area contributed by atoms with Gasteiger partial charge in [-0.3, -0.25) is 0 Å². The lowest BCUT2D eigenvalue weighted by Gasteiger charge is -2.20. The number of nitrogens with one attached hydrogen (secondary N) is 1. The number of hydrogen-bond donors (Lipinski definition) is 1. The van der Waals surface area contributed by atoms with E-state index in [0.717, 1.165) is 27.7 Å². The molecule has 2 aromatic heterocycles. The number of oxazole rings is 1. The Kier molecular flexibility index (Phi) is 4.23. The second-order valence-electron chi connectivity index (χ2n) is 5.60. The molecule has 1 unspecified atom stereocenters. The summed E-state index contributed by atoms with van der Waals surface area (Å²) >= 11 is 1.64. The molecule has 1 N–H and O–H groups in total. The van der Waals surface area contributed by atoms with Gasteiger partial charge in [-0.2, -0.15) is 0 Å². The van der Waals surface area contributed by atoms with E-state index in [1.165, 1.54) is 0 Å². The first-order valence-electron chi connectivity index (χ1n) is 7.91. The fraction of sp³-hybridized carbons (Fsp3) is 0.278. The lowest BCUT2D eigenvalue weighted by atomic mass is 10.1. The van der Waals surface area contributed by atoms with Crippen LogP contribution in [0.15, 0.2) is 46.3 Å². The van der Waals surface area contributed by atoms with E-state index in [1.54, 1.807) is 17.5 Å². The number of aromatic nitrogens is 1. The summed E-state index contributed by atoms with van der Waals surface area (Å²) in [6.07, 6.45) is 1.78. The highest BCUT2D eigenvalue weighted by atomic mass is 32.1. The van der Waals surface area contributed by atoms with Gasteiger partial charge in [-0.05, 0) is 36.1 Å². The molecule has 0 aliphatic carbocycles. The summed E-state index contributed by atoms with van der Waals surface area (Å²) < 4.78 is 17.0. The third kappa shape index (κ3) is 3.16. The molecule has 0 saturated heterocycles. The highest BCUT2D eigenvalue weighted by Gasteiger charge is 2.15. The fourth-order valence-corrected chi connectivity index (χ4v) is 3.28. The molecule has 1 atom stereocenters. The molecule has 3 heterocycles. The Balaban J connectivity index is 1.40. The maximum atomic E-state index is 5.80. The highest BCUT2D eigenvalue weighted by Crippen LogP contribution is 2.32. The van der Waals surface area contributed by atoms with Crippen LogP contribution in [0.2, 0.25) is 0 Å². The summed E-state index contributed by atoms with van der Waals surface area (Å²) in [5.41, 5.74) is 1.14. The highest BCUT2D eigenvalue weighted by molar-refractivity contribution is 7.13. The van der Waals surface area contributed by atoms with Crippen LogP contribution in [0.4, 0.5) is 0 Å². The molecule has 0 fully saturated rings. The minimum Gasteiger partial charge on any atom is -0.486 e. The summed E-state index contributed by atoms with van der Waals surface area (Å²) in [6.45, 7) is 3.88. The molecule has 5 nitrogen and oxygen atoms in total. The predicted molar refractivity (Wildman–Crippen MR) is 92.5 cm³/mol. The second-order valence-corrected chi connectivity index (χ2v) is 6.55. The summed E-state index contributed by atoms with van der Waals surface area (Å²) in [5, 5.41) is 5.46. The second kappa shape index (κ2) is 6.67. The molecule has 0 bridgehead atoms. The smallest absolute Gasteiger partial charge is 0.208 e. The van der Waals surface area contributed by atoms with Crippen LogP contribution in [0, 0.1) is 0 Å². The van der Waals surface area contributed by atoms with Crippen LogP contribution in [0.1, 0.15) is 24.4 Å². The van der Waals surface area contributed by atoms with Crippen molar-refractivity contribution < 1.29 is 13.9 Å². The number of rotatable bonds is 5. The van der Waals surface area contributed by atoms with Crippen molar-refractivity contribution >= 4 is 11.3 Å². The van der Waals surface area contributed by atoms with Crippen LogP contribution < -0.4 is 14.8 Å². The van der Waals surface area contributed by atoms with Crippen molar-refractivity contribution in [1.82, 2.24) is 10.3 Å². The summed E-state index contributed by atoms with van der Waals surface area (Å²) in [6, 6.07) is 10.2. The first kappa shape index (κ1) is 15.2. The van der Waals surface area contributed by atoms with E-state index in [-0.39, 0.29) is 6.04 Å². The Morgan fingerprint density at radius 2 is 2.08 bits per heavy atom. The number of nitrogens with zero attached hydrogens (tertiary/aromatic N) is 1. The van der Waals surface area contributed by atoms with Gasteiger partial charge in [0.15, 0.2) is 17.3 Å². The van der Waals surface area contributed by atoms with Gasteiger partial charge in [0.25, 0.3) is 0 Å². The van der Waals surface area contributed by atoms with Crippen molar-refractivity contribution in [3.8, 4) is 22.1 Å². The molecule has 24 heavy (non-hydrogen) atoms. The molecule has 3 aromatic rings. The number of fused-ring (bicyclic) bond motifs is 1. The van der Waals surface area contributed by atoms with Gasteiger partial charge in [-0.25, -0.2) is 4.98 Å². The van der Waals surface area contributed by atoms with Gasteiger partial charge in [-0.1, -0.05) is 12.1 Å². The SMILES string of the molecule is CC(NCc1ncc(-c2cccs2)o1)c1ccc2c(c1)OCCO2. The lowest BCUT2D eigenvalue weighted by molar-refractivity contribution is 0.171. The number of ether oxygens (including phenoxy) is 2. The molecule has 1 aliphatic heterocycles. The van der Waals surface area contributed by atoms with E-state index in [4.69, 9.17) is 13.9 Å². The van der Waals surface area contributed by atoms with Crippen molar-refractivity contribution in [2.75, 3.05) is 13.2 Å². The van der Waals surface area contributed by atoms with E-state index in [2.05, 4.69) is 23.3 Å². The zero-order chi connectivity index (χ0) is 16.4. The Morgan fingerprint density at radius 1 is 1.21 bits per heavy atom. The van der Waals surface area contributed by atoms with Crippen molar-refractivity contribution in [2.24, 2.45) is 0 Å². The molecular formula is C18H18N2O3S. The molecule has 0 radical (unpaired) electrons. The zero-order valence-corrected chi connectivity index (χ0v) is 14.1. The minimum absolute atomic E-state index is 0.151. The maximum Gasteiger partial charge on any atom is 0.208 e. The van der Waals surface area contributed by atoms with Gasteiger partial charge in [0, 0.05) is 6.04 Å². The third-order valence-corrected chi connectivity index (χ3v) is 4.83. The summed E-state index contributed by atoms with van der Waals surface area (Å²) in [7, 11) is 0. The largest absolute Gasteiger partial charge is 0.486 e. The number of thiophene rings is 1. The quantitative estimate of drug-likeness (QED) is 0.759. The first-order valence-corrected chi connectivity index (χ1v) is 8.79. The molecule has 0 amide bonds. The van der Waals surface area contributed by atoms with E-state index >= 15 is 0 Å². The van der Waals surface area contributed by atoms with E-state index in [9.17, 15) is 0 Å². The van der Waals surface area contributed by atoms with Crippen molar-refractivity contribution in [1.29, 1.82) is 0 Å². The predicted octanol–water partition coefficient (Wildman–Crippen LogP) is 4.03. The van der Waals surface area contributed by atoms with Crippen LogP contribution in [-0.4, -0.2) is 18.2 Å². The Bertz CT molecular complexity index is 814. The van der Waals surface area contributed by atoms with E-state index in [1.807, 2.05) is 29.6 Å². The molecule has 6 heteroatoms. The number of benzene rings is 1. The first-order chi connectivity index (χ1) is 11.8. The van der Waals surface area contributed by atoms with Crippen molar-refractivity contribution in [3.63, 3.8) is 0 Å². The normalized spacial score (nSPS) is 14.5. The average molecular weight is 342 g/mol. The van der Waals surface area contributed by atoms with Crippen LogP contribution in [0.25, 0.3) is 10.6 Å². The van der Waals surface area contributed by atoms with Crippen molar-refractivity contribution in [2.45, 2.75) is 19.5 Å². The number of hydrogen-bond acceptors (Lipinski definition) is 6. The Morgan fingerprint density at radius 3 is 2.92 bits per heavy atom. The summed E-state index contributed by atoms with van der Waals surface area (Å²) in [5.74, 6) is 3.12. The van der Waals surface area contributed by atoms with Gasteiger partial charge in [0.1, 0.15) is 13.2 Å². The lowest BCUT2D eigenvalue weighted by Crippen LogP contribution is -2.19. The third-order valence-electron chi connectivity index (χ3n) is 3.94. The molecular weight excluding hydrogens is 324 g/mol. The van der Waals surface area contributed by atoms with E-state index in [0.29, 0.717) is 25.6 Å². The van der Waals surface area contributed by atoms with Crippen molar-refractivity contribution in [3.05, 3.63) is 53.4 Å². The van der Waals surface area contributed by atoms with Gasteiger partial charge < -0.3 is 19.2 Å². The minimum atomic E-state index is 0.151. The average Bonchev–Trinajstić information content (AvgIpc) is 3.30. The van der Waals surface area contributed by atoms with Gasteiger partial charge >= 0.3 is 0 Å². The molecule has 124 valence electrons. The molecule has 4 rings (SSSR count). The standard InChI is InChI=1S/C18H18N2O3S/c1-12(13-4-5-14-15(9-13)22-7-6-21-14)19-11-18-20-10-16(23-18)17-3-2-8-24-17/h2-5,8-10,12,19H,6-7,11H2,1H3. The maximum absolute atomic E-state index is 5.80. The van der Waals surface area contributed by atoms with Crippen LogP contribution in [0.5, 0.6) is 11.5 Å². The van der Waals surface area contributed by atoms with Gasteiger partial charge in [0.2, 0.25) is 5.89 Å². The Labute approximate surface area is 144 Å². The van der Waals surface area contributed by atoms with Gasteiger partial charge in [-0.15, -0.1) is 11.3 Å². The molecule has 1 aromatic carbocycles. The van der Waals surface area contributed by atoms with E-state index < -0.39 is 0 Å². The Hall–Kier alpha value is -2.31. The molecule has 0 saturated carbocycles.